The maximum absolute atomic E-state index is 10.2. The summed E-state index contributed by atoms with van der Waals surface area (Å²) in [6.07, 6.45) is 4.27. The minimum absolute atomic E-state index is 0.0156. The van der Waals surface area contributed by atoms with Crippen LogP contribution in [0, 0.1) is 0 Å². The van der Waals surface area contributed by atoms with Gasteiger partial charge in [-0.25, -0.2) is 0 Å². The topological polar surface area (TPSA) is 40.5 Å². The van der Waals surface area contributed by atoms with E-state index in [4.69, 9.17) is 0 Å². The standard InChI is InChI=1S/C16H16O2/c17-14-10-9-12-7-2-1-5-11-6-3-4-8-13(11)15(12)16(14)18/h3-4,6,8-10,17-18H,1-2,5,7H2. The third-order valence-electron chi connectivity index (χ3n) is 3.67. The zero-order valence-electron chi connectivity index (χ0n) is 10.2. The molecule has 92 valence electrons. The molecule has 1 aliphatic carbocycles. The number of phenols is 2. The molecule has 2 aromatic rings. The Morgan fingerprint density at radius 3 is 2.33 bits per heavy atom. The molecule has 2 heteroatoms. The van der Waals surface area contributed by atoms with Gasteiger partial charge < -0.3 is 10.2 Å². The first kappa shape index (κ1) is 11.1. The van der Waals surface area contributed by atoms with Crippen LogP contribution < -0.4 is 0 Å². The van der Waals surface area contributed by atoms with E-state index in [1.807, 2.05) is 24.3 Å². The summed E-state index contributed by atoms with van der Waals surface area (Å²) in [6.45, 7) is 0. The minimum atomic E-state index is -0.0378. The fourth-order valence-electron chi connectivity index (χ4n) is 2.74. The van der Waals surface area contributed by atoms with E-state index in [-0.39, 0.29) is 11.5 Å². The minimum Gasteiger partial charge on any atom is -0.504 e. The number of fused-ring (bicyclic) bond motifs is 3. The van der Waals surface area contributed by atoms with Crippen molar-refractivity contribution >= 4 is 0 Å². The van der Waals surface area contributed by atoms with Crippen LogP contribution in [0.25, 0.3) is 11.1 Å². The quantitative estimate of drug-likeness (QED) is 0.690. The van der Waals surface area contributed by atoms with Gasteiger partial charge in [0, 0.05) is 5.56 Å². The summed E-state index contributed by atoms with van der Waals surface area (Å²) in [6, 6.07) is 11.6. The van der Waals surface area contributed by atoms with Crippen molar-refractivity contribution < 1.29 is 10.2 Å². The highest BCUT2D eigenvalue weighted by Crippen LogP contribution is 2.42. The molecule has 0 amide bonds. The van der Waals surface area contributed by atoms with E-state index >= 15 is 0 Å². The number of rotatable bonds is 0. The van der Waals surface area contributed by atoms with Crippen LogP contribution in [0.1, 0.15) is 24.0 Å². The Hall–Kier alpha value is -1.96. The average molecular weight is 240 g/mol. The van der Waals surface area contributed by atoms with Crippen LogP contribution in [0.4, 0.5) is 0 Å². The molecule has 0 aromatic heterocycles. The molecule has 2 N–H and O–H groups in total. The number of benzene rings is 2. The Morgan fingerprint density at radius 2 is 1.50 bits per heavy atom. The summed E-state index contributed by atoms with van der Waals surface area (Å²) in [5, 5.41) is 19.9. The molecule has 2 aromatic carbocycles. The highest BCUT2D eigenvalue weighted by Gasteiger charge is 2.18. The largest absolute Gasteiger partial charge is 0.504 e. The Morgan fingerprint density at radius 1 is 0.778 bits per heavy atom. The average Bonchev–Trinajstić information content (AvgIpc) is 2.36. The van der Waals surface area contributed by atoms with Crippen molar-refractivity contribution in [2.24, 2.45) is 0 Å². The van der Waals surface area contributed by atoms with Gasteiger partial charge in [-0.1, -0.05) is 30.3 Å². The van der Waals surface area contributed by atoms with Crippen molar-refractivity contribution in [1.29, 1.82) is 0 Å². The number of hydrogen-bond donors (Lipinski definition) is 2. The Bertz CT molecular complexity index is 588. The second kappa shape index (κ2) is 4.37. The molecule has 0 bridgehead atoms. The van der Waals surface area contributed by atoms with Gasteiger partial charge in [0.25, 0.3) is 0 Å². The van der Waals surface area contributed by atoms with Gasteiger partial charge in [0.15, 0.2) is 11.5 Å². The fraction of sp³-hybridized carbons (Fsp3) is 0.250. The van der Waals surface area contributed by atoms with Crippen molar-refractivity contribution in [3.8, 4) is 22.6 Å². The summed E-state index contributed by atoms with van der Waals surface area (Å²) in [5.74, 6) is -0.0222. The lowest BCUT2D eigenvalue weighted by molar-refractivity contribution is 0.404. The van der Waals surface area contributed by atoms with Crippen LogP contribution in [-0.4, -0.2) is 10.2 Å². The van der Waals surface area contributed by atoms with Gasteiger partial charge in [-0.05, 0) is 48.4 Å². The highest BCUT2D eigenvalue weighted by atomic mass is 16.3. The molecular formula is C16H16O2. The molecule has 0 spiro atoms. The molecule has 2 nitrogen and oxygen atoms in total. The van der Waals surface area contributed by atoms with Crippen molar-refractivity contribution in [2.75, 3.05) is 0 Å². The summed E-state index contributed by atoms with van der Waals surface area (Å²) in [7, 11) is 0. The van der Waals surface area contributed by atoms with Crippen LogP contribution in [0.2, 0.25) is 0 Å². The third-order valence-corrected chi connectivity index (χ3v) is 3.67. The first-order chi connectivity index (χ1) is 8.77. The SMILES string of the molecule is Oc1ccc2c(c1O)-c1ccccc1CCCC2. The maximum atomic E-state index is 10.2. The lowest BCUT2D eigenvalue weighted by Gasteiger charge is -2.19. The van der Waals surface area contributed by atoms with Gasteiger partial charge >= 0.3 is 0 Å². The lowest BCUT2D eigenvalue weighted by atomic mass is 9.87. The molecule has 1 aliphatic rings. The van der Waals surface area contributed by atoms with E-state index in [1.165, 1.54) is 5.56 Å². The molecule has 18 heavy (non-hydrogen) atoms. The van der Waals surface area contributed by atoms with E-state index in [0.717, 1.165) is 42.4 Å². The predicted molar refractivity (Wildman–Crippen MR) is 71.8 cm³/mol. The van der Waals surface area contributed by atoms with Gasteiger partial charge in [0.1, 0.15) is 0 Å². The van der Waals surface area contributed by atoms with Gasteiger partial charge in [-0.15, -0.1) is 0 Å². The molecule has 0 radical (unpaired) electrons. The van der Waals surface area contributed by atoms with Crippen molar-refractivity contribution in [2.45, 2.75) is 25.7 Å². The second-order valence-corrected chi connectivity index (χ2v) is 4.83. The summed E-state index contributed by atoms with van der Waals surface area (Å²) < 4.78 is 0. The van der Waals surface area contributed by atoms with Crippen molar-refractivity contribution in [3.05, 3.63) is 47.5 Å². The first-order valence-corrected chi connectivity index (χ1v) is 6.39. The fourth-order valence-corrected chi connectivity index (χ4v) is 2.74. The van der Waals surface area contributed by atoms with E-state index < -0.39 is 0 Å². The van der Waals surface area contributed by atoms with E-state index in [9.17, 15) is 10.2 Å². The normalized spacial score (nSPS) is 14.2. The predicted octanol–water partition coefficient (Wildman–Crippen LogP) is 3.64. The Kier molecular flexibility index (Phi) is 2.71. The number of hydrogen-bond acceptors (Lipinski definition) is 2. The molecule has 0 fully saturated rings. The van der Waals surface area contributed by atoms with Gasteiger partial charge in [-0.3, -0.25) is 0 Å². The monoisotopic (exact) mass is 240 g/mol. The van der Waals surface area contributed by atoms with E-state index in [0.29, 0.717) is 0 Å². The van der Waals surface area contributed by atoms with E-state index in [1.54, 1.807) is 6.07 Å². The number of phenolic OH excluding ortho intramolecular Hbond substituents is 2. The molecule has 0 saturated carbocycles. The maximum Gasteiger partial charge on any atom is 0.165 e. The van der Waals surface area contributed by atoms with Gasteiger partial charge in [-0.2, -0.15) is 0 Å². The summed E-state index contributed by atoms with van der Waals surface area (Å²) in [5.41, 5.74) is 4.24. The van der Waals surface area contributed by atoms with Crippen LogP contribution in [0.3, 0.4) is 0 Å². The molecule has 0 aliphatic heterocycles. The summed E-state index contributed by atoms with van der Waals surface area (Å²) >= 11 is 0. The molecule has 0 heterocycles. The third kappa shape index (κ3) is 1.74. The summed E-state index contributed by atoms with van der Waals surface area (Å²) in [4.78, 5) is 0. The van der Waals surface area contributed by atoms with Crippen LogP contribution >= 0.6 is 0 Å². The van der Waals surface area contributed by atoms with Crippen LogP contribution in [-0.2, 0) is 12.8 Å². The van der Waals surface area contributed by atoms with Gasteiger partial charge in [0.05, 0.1) is 0 Å². The Labute approximate surface area is 107 Å². The molecule has 0 atom stereocenters. The molecular weight excluding hydrogens is 224 g/mol. The zero-order valence-corrected chi connectivity index (χ0v) is 10.2. The first-order valence-electron chi connectivity index (χ1n) is 6.39. The van der Waals surface area contributed by atoms with E-state index in [2.05, 4.69) is 6.07 Å². The second-order valence-electron chi connectivity index (χ2n) is 4.83. The molecule has 3 rings (SSSR count). The molecule has 0 saturated heterocycles. The van der Waals surface area contributed by atoms with Crippen molar-refractivity contribution in [3.63, 3.8) is 0 Å². The smallest absolute Gasteiger partial charge is 0.165 e. The van der Waals surface area contributed by atoms with Gasteiger partial charge in [0.2, 0.25) is 0 Å². The zero-order chi connectivity index (χ0) is 12.5. The van der Waals surface area contributed by atoms with Crippen molar-refractivity contribution in [1.82, 2.24) is 0 Å². The number of aromatic hydroxyl groups is 2. The highest BCUT2D eigenvalue weighted by molar-refractivity contribution is 5.79. The Balaban J connectivity index is 2.31. The lowest BCUT2D eigenvalue weighted by Crippen LogP contribution is -2.00. The van der Waals surface area contributed by atoms with Crippen LogP contribution in [0.5, 0.6) is 11.5 Å². The van der Waals surface area contributed by atoms with Crippen LogP contribution in [0.15, 0.2) is 36.4 Å². The number of aryl methyl sites for hydroxylation is 2. The molecule has 0 unspecified atom stereocenters.